The zero-order valence-electron chi connectivity index (χ0n) is 10.6. The Labute approximate surface area is 130 Å². The lowest BCUT2D eigenvalue weighted by Crippen LogP contribution is -2.18. The fourth-order valence-electron chi connectivity index (χ4n) is 1.80. The van der Waals surface area contributed by atoms with Gasteiger partial charge in [0, 0.05) is 10.5 Å². The maximum atomic E-state index is 5.97. The molecule has 0 fully saturated rings. The molecule has 0 spiro atoms. The summed E-state index contributed by atoms with van der Waals surface area (Å²) in [6, 6.07) is 13.9. The van der Waals surface area contributed by atoms with Gasteiger partial charge < -0.3 is 10.5 Å². The van der Waals surface area contributed by atoms with Gasteiger partial charge in [0.2, 0.25) is 0 Å². The van der Waals surface area contributed by atoms with Gasteiger partial charge in [0.25, 0.3) is 0 Å². The van der Waals surface area contributed by atoms with Crippen LogP contribution in [0.2, 0.25) is 0 Å². The first-order valence-corrected chi connectivity index (χ1v) is 7.61. The highest BCUT2D eigenvalue weighted by Gasteiger charge is 2.08. The summed E-state index contributed by atoms with van der Waals surface area (Å²) in [6.45, 7) is 1.99. The Morgan fingerprint density at radius 2 is 1.84 bits per heavy atom. The van der Waals surface area contributed by atoms with E-state index >= 15 is 0 Å². The number of benzene rings is 2. The zero-order chi connectivity index (χ0) is 13.8. The van der Waals surface area contributed by atoms with E-state index in [4.69, 9.17) is 10.5 Å². The Kier molecular flexibility index (Phi) is 5.02. The molecule has 2 N–H and O–H groups in total. The third-order valence-corrected chi connectivity index (χ3v) is 3.74. The highest BCUT2D eigenvalue weighted by Crippen LogP contribution is 2.33. The maximum Gasteiger partial charge on any atom is 0.141 e. The molecule has 1 unspecified atom stereocenters. The minimum atomic E-state index is 0.109. The first-order chi connectivity index (χ1) is 9.06. The molecule has 2 aromatic carbocycles. The normalized spacial score (nSPS) is 12.2. The Bertz CT molecular complexity index is 570. The molecule has 0 aliphatic heterocycles. The molecule has 19 heavy (non-hydrogen) atoms. The second-order valence-corrected chi connectivity index (χ2v) is 6.24. The smallest absolute Gasteiger partial charge is 0.141 e. The van der Waals surface area contributed by atoms with Gasteiger partial charge in [-0.2, -0.15) is 0 Å². The molecule has 0 aromatic heterocycles. The summed E-state index contributed by atoms with van der Waals surface area (Å²) < 4.78 is 7.90. The van der Waals surface area contributed by atoms with Crippen LogP contribution in [0.15, 0.2) is 51.4 Å². The summed E-state index contributed by atoms with van der Waals surface area (Å²) >= 11 is 6.93. The largest absolute Gasteiger partial charge is 0.456 e. The second kappa shape index (κ2) is 6.55. The van der Waals surface area contributed by atoms with Crippen LogP contribution in [0.3, 0.4) is 0 Å². The fraction of sp³-hybridized carbons (Fsp3) is 0.200. The summed E-state index contributed by atoms with van der Waals surface area (Å²) in [5.41, 5.74) is 6.98. The van der Waals surface area contributed by atoms with Gasteiger partial charge in [-0.1, -0.05) is 34.1 Å². The Morgan fingerprint density at radius 3 is 2.53 bits per heavy atom. The van der Waals surface area contributed by atoms with E-state index in [1.54, 1.807) is 0 Å². The molecule has 0 aliphatic carbocycles. The van der Waals surface area contributed by atoms with Crippen LogP contribution in [-0.4, -0.2) is 6.04 Å². The molecule has 4 heteroatoms. The summed E-state index contributed by atoms with van der Waals surface area (Å²) in [6.07, 6.45) is 0.796. The van der Waals surface area contributed by atoms with E-state index in [1.165, 1.54) is 0 Å². The molecule has 0 saturated carbocycles. The van der Waals surface area contributed by atoms with Crippen molar-refractivity contribution in [2.75, 3.05) is 0 Å². The first-order valence-electron chi connectivity index (χ1n) is 6.02. The van der Waals surface area contributed by atoms with Gasteiger partial charge in [-0.3, -0.25) is 0 Å². The molecule has 2 rings (SSSR count). The molecular formula is C15H15Br2NO. The van der Waals surface area contributed by atoms with E-state index in [2.05, 4.69) is 31.9 Å². The lowest BCUT2D eigenvalue weighted by atomic mass is 10.1. The average molecular weight is 385 g/mol. The monoisotopic (exact) mass is 383 g/mol. The van der Waals surface area contributed by atoms with Crippen LogP contribution in [-0.2, 0) is 6.42 Å². The van der Waals surface area contributed by atoms with Crippen LogP contribution < -0.4 is 10.5 Å². The van der Waals surface area contributed by atoms with Crippen molar-refractivity contribution in [3.63, 3.8) is 0 Å². The summed E-state index contributed by atoms with van der Waals surface area (Å²) in [4.78, 5) is 0. The lowest BCUT2D eigenvalue weighted by Gasteiger charge is -2.13. The number of hydrogen-bond donors (Lipinski definition) is 1. The SMILES string of the molecule is CC(N)Cc1ccccc1Oc1ccc(Br)cc1Br. The van der Waals surface area contributed by atoms with E-state index < -0.39 is 0 Å². The van der Waals surface area contributed by atoms with Crippen LogP contribution >= 0.6 is 31.9 Å². The molecule has 0 heterocycles. The van der Waals surface area contributed by atoms with Crippen molar-refractivity contribution >= 4 is 31.9 Å². The van der Waals surface area contributed by atoms with E-state index in [9.17, 15) is 0 Å². The molecule has 0 amide bonds. The number of hydrogen-bond acceptors (Lipinski definition) is 2. The van der Waals surface area contributed by atoms with Gasteiger partial charge in [-0.05, 0) is 59.1 Å². The van der Waals surface area contributed by atoms with Crippen LogP contribution in [0, 0.1) is 0 Å². The minimum Gasteiger partial charge on any atom is -0.456 e. The molecule has 1 atom stereocenters. The zero-order valence-corrected chi connectivity index (χ0v) is 13.7. The van der Waals surface area contributed by atoms with Gasteiger partial charge in [0.15, 0.2) is 0 Å². The van der Waals surface area contributed by atoms with Gasteiger partial charge in [-0.15, -0.1) is 0 Å². The number of nitrogens with two attached hydrogens (primary N) is 1. The maximum absolute atomic E-state index is 5.97. The lowest BCUT2D eigenvalue weighted by molar-refractivity contribution is 0.471. The molecule has 0 radical (unpaired) electrons. The summed E-state index contributed by atoms with van der Waals surface area (Å²) in [5, 5.41) is 0. The Morgan fingerprint density at radius 1 is 1.11 bits per heavy atom. The Hall–Kier alpha value is -0.840. The highest BCUT2D eigenvalue weighted by molar-refractivity contribution is 9.11. The van der Waals surface area contributed by atoms with Gasteiger partial charge in [0.1, 0.15) is 11.5 Å². The van der Waals surface area contributed by atoms with Crippen molar-refractivity contribution < 1.29 is 4.74 Å². The van der Waals surface area contributed by atoms with Crippen molar-refractivity contribution in [3.8, 4) is 11.5 Å². The molecule has 0 saturated heterocycles. The van der Waals surface area contributed by atoms with Gasteiger partial charge in [0.05, 0.1) is 4.47 Å². The predicted octanol–water partition coefficient (Wildman–Crippen LogP) is 4.89. The van der Waals surface area contributed by atoms with Crippen LogP contribution in [0.4, 0.5) is 0 Å². The van der Waals surface area contributed by atoms with Crippen LogP contribution in [0.5, 0.6) is 11.5 Å². The molecule has 2 nitrogen and oxygen atoms in total. The van der Waals surface area contributed by atoms with Crippen molar-refractivity contribution in [1.29, 1.82) is 0 Å². The molecule has 0 aliphatic rings. The molecular weight excluding hydrogens is 370 g/mol. The fourth-order valence-corrected chi connectivity index (χ4v) is 2.92. The highest BCUT2D eigenvalue weighted by atomic mass is 79.9. The third kappa shape index (κ3) is 4.06. The molecule has 100 valence electrons. The van der Waals surface area contributed by atoms with Crippen molar-refractivity contribution in [1.82, 2.24) is 0 Å². The Balaban J connectivity index is 2.27. The first kappa shape index (κ1) is 14.6. The predicted molar refractivity (Wildman–Crippen MR) is 85.7 cm³/mol. The molecule has 0 bridgehead atoms. The van der Waals surface area contributed by atoms with E-state index in [0.29, 0.717) is 0 Å². The molecule has 2 aromatic rings. The van der Waals surface area contributed by atoms with E-state index in [0.717, 1.165) is 32.4 Å². The van der Waals surface area contributed by atoms with E-state index in [-0.39, 0.29) is 6.04 Å². The van der Waals surface area contributed by atoms with Crippen molar-refractivity contribution in [3.05, 3.63) is 57.0 Å². The van der Waals surface area contributed by atoms with Gasteiger partial charge in [-0.25, -0.2) is 0 Å². The van der Waals surface area contributed by atoms with Crippen LogP contribution in [0.25, 0.3) is 0 Å². The standard InChI is InChI=1S/C15H15Br2NO/c1-10(18)8-11-4-2-3-5-14(11)19-15-7-6-12(16)9-13(15)17/h2-7,9-10H,8,18H2,1H3. The van der Waals surface area contributed by atoms with Gasteiger partial charge >= 0.3 is 0 Å². The third-order valence-electron chi connectivity index (χ3n) is 2.63. The quantitative estimate of drug-likeness (QED) is 0.813. The average Bonchev–Trinajstić information content (AvgIpc) is 2.34. The number of ether oxygens (including phenoxy) is 1. The second-order valence-electron chi connectivity index (χ2n) is 4.47. The topological polar surface area (TPSA) is 35.2 Å². The van der Waals surface area contributed by atoms with Crippen molar-refractivity contribution in [2.24, 2.45) is 5.73 Å². The number of para-hydroxylation sites is 1. The summed E-state index contributed by atoms with van der Waals surface area (Å²) in [7, 11) is 0. The summed E-state index contributed by atoms with van der Waals surface area (Å²) in [5.74, 6) is 1.64. The number of rotatable bonds is 4. The van der Waals surface area contributed by atoms with Crippen molar-refractivity contribution in [2.45, 2.75) is 19.4 Å². The number of halogens is 2. The van der Waals surface area contributed by atoms with E-state index in [1.807, 2.05) is 49.4 Å². The van der Waals surface area contributed by atoms with Crippen LogP contribution in [0.1, 0.15) is 12.5 Å². The minimum absolute atomic E-state index is 0.109.